The van der Waals surface area contributed by atoms with Crippen molar-refractivity contribution in [3.63, 3.8) is 0 Å². The lowest BCUT2D eigenvalue weighted by Gasteiger charge is -2.40. The molecule has 0 aliphatic carbocycles. The van der Waals surface area contributed by atoms with Crippen LogP contribution in [0.5, 0.6) is 0 Å². The van der Waals surface area contributed by atoms with Gasteiger partial charge in [0.15, 0.2) is 0 Å². The highest BCUT2D eigenvalue weighted by Crippen LogP contribution is 2.21. The molecule has 6 nitrogen and oxygen atoms in total. The summed E-state index contributed by atoms with van der Waals surface area (Å²) < 4.78 is 4.93. The smallest absolute Gasteiger partial charge is 0.293 e. The van der Waals surface area contributed by atoms with Crippen LogP contribution in [0.15, 0.2) is 10.7 Å². The van der Waals surface area contributed by atoms with Crippen molar-refractivity contribution in [2.75, 3.05) is 13.1 Å². The molecule has 0 radical (unpaired) electrons. The largest absolute Gasteiger partial charge is 0.352 e. The third kappa shape index (κ3) is 1.79. The highest BCUT2D eigenvalue weighted by Gasteiger charge is 2.42. The minimum atomic E-state index is -0.867. The van der Waals surface area contributed by atoms with Gasteiger partial charge >= 0.3 is 0 Å². The fraction of sp³-hybridized carbons (Fsp3) is 0.545. The summed E-state index contributed by atoms with van der Waals surface area (Å²) >= 11 is 0. The van der Waals surface area contributed by atoms with Gasteiger partial charge in [-0.05, 0) is 20.8 Å². The molecule has 1 aliphatic heterocycles. The Morgan fingerprint density at radius 1 is 1.59 bits per heavy atom. The van der Waals surface area contributed by atoms with Crippen LogP contribution < -0.4 is 5.32 Å². The summed E-state index contributed by atoms with van der Waals surface area (Å²) in [6.07, 6.45) is 1.49. The molecule has 1 saturated heterocycles. The van der Waals surface area contributed by atoms with Gasteiger partial charge < -0.3 is 14.7 Å². The predicted molar refractivity (Wildman–Crippen MR) is 59.4 cm³/mol. The molecule has 1 fully saturated rings. The molecular formula is C11H15N3O3. The lowest BCUT2D eigenvalue weighted by atomic mass is 9.98. The Labute approximate surface area is 98.9 Å². The molecule has 92 valence electrons. The Bertz CT molecular complexity index is 464. The third-order valence-corrected chi connectivity index (χ3v) is 3.04. The van der Waals surface area contributed by atoms with Crippen LogP contribution in [0.2, 0.25) is 0 Å². The van der Waals surface area contributed by atoms with Crippen molar-refractivity contribution >= 4 is 11.8 Å². The SMILES string of the molecule is Cc1cnoc1C(=O)N1CCNC(=O)C1(C)C. The number of nitrogens with one attached hydrogen (secondary N) is 1. The summed E-state index contributed by atoms with van der Waals surface area (Å²) in [6.45, 7) is 6.11. The van der Waals surface area contributed by atoms with Gasteiger partial charge in [-0.2, -0.15) is 0 Å². The van der Waals surface area contributed by atoms with Crippen molar-refractivity contribution in [3.05, 3.63) is 17.5 Å². The lowest BCUT2D eigenvalue weighted by molar-refractivity contribution is -0.133. The van der Waals surface area contributed by atoms with Crippen molar-refractivity contribution in [2.45, 2.75) is 26.3 Å². The van der Waals surface area contributed by atoms with Crippen LogP contribution in [0.3, 0.4) is 0 Å². The van der Waals surface area contributed by atoms with Crippen LogP contribution in [0, 0.1) is 6.92 Å². The van der Waals surface area contributed by atoms with E-state index in [0.717, 1.165) is 0 Å². The number of hydrogen-bond acceptors (Lipinski definition) is 4. The fourth-order valence-corrected chi connectivity index (χ4v) is 1.87. The summed E-state index contributed by atoms with van der Waals surface area (Å²) in [6, 6.07) is 0. The second-order valence-corrected chi connectivity index (χ2v) is 4.61. The molecule has 6 heteroatoms. The van der Waals surface area contributed by atoms with Crippen molar-refractivity contribution < 1.29 is 14.1 Å². The quantitative estimate of drug-likeness (QED) is 0.764. The van der Waals surface area contributed by atoms with Gasteiger partial charge in [-0.3, -0.25) is 9.59 Å². The van der Waals surface area contributed by atoms with E-state index in [9.17, 15) is 9.59 Å². The second-order valence-electron chi connectivity index (χ2n) is 4.61. The number of aryl methyl sites for hydroxylation is 1. The van der Waals surface area contributed by atoms with E-state index < -0.39 is 5.54 Å². The average Bonchev–Trinajstić information content (AvgIpc) is 2.68. The summed E-state index contributed by atoms with van der Waals surface area (Å²) in [5.74, 6) is -0.248. The first-order chi connectivity index (χ1) is 7.94. The van der Waals surface area contributed by atoms with Gasteiger partial charge in [0.05, 0.1) is 6.20 Å². The van der Waals surface area contributed by atoms with E-state index >= 15 is 0 Å². The minimum absolute atomic E-state index is 0.158. The Morgan fingerprint density at radius 2 is 2.29 bits per heavy atom. The lowest BCUT2D eigenvalue weighted by Crippen LogP contribution is -2.63. The number of hydrogen-bond donors (Lipinski definition) is 1. The maximum absolute atomic E-state index is 12.3. The Balaban J connectivity index is 2.31. The number of carbonyl (C=O) groups is 2. The zero-order valence-corrected chi connectivity index (χ0v) is 10.1. The maximum Gasteiger partial charge on any atom is 0.293 e. The van der Waals surface area contributed by atoms with E-state index in [0.29, 0.717) is 18.7 Å². The van der Waals surface area contributed by atoms with Crippen LogP contribution in [-0.4, -0.2) is 40.5 Å². The predicted octanol–water partition coefficient (Wildman–Crippen LogP) is 0.334. The first-order valence-corrected chi connectivity index (χ1v) is 5.46. The molecule has 2 rings (SSSR count). The van der Waals surface area contributed by atoms with Crippen molar-refractivity contribution in [3.8, 4) is 0 Å². The van der Waals surface area contributed by atoms with Crippen LogP contribution in [0.1, 0.15) is 30.0 Å². The van der Waals surface area contributed by atoms with Crippen molar-refractivity contribution in [1.82, 2.24) is 15.4 Å². The van der Waals surface area contributed by atoms with Gasteiger partial charge in [0.25, 0.3) is 5.91 Å². The first kappa shape index (κ1) is 11.6. The topological polar surface area (TPSA) is 75.4 Å². The molecule has 0 bridgehead atoms. The number of rotatable bonds is 1. The molecule has 1 aromatic heterocycles. The van der Waals surface area contributed by atoms with E-state index in [1.165, 1.54) is 11.1 Å². The zero-order chi connectivity index (χ0) is 12.6. The zero-order valence-electron chi connectivity index (χ0n) is 10.1. The molecule has 1 aliphatic rings. The normalized spacial score (nSPS) is 19.0. The van der Waals surface area contributed by atoms with Crippen molar-refractivity contribution in [2.24, 2.45) is 0 Å². The fourth-order valence-electron chi connectivity index (χ4n) is 1.87. The molecular weight excluding hydrogens is 222 g/mol. The Hall–Kier alpha value is -1.85. The molecule has 0 spiro atoms. The van der Waals surface area contributed by atoms with Crippen molar-refractivity contribution in [1.29, 1.82) is 0 Å². The average molecular weight is 237 g/mol. The highest BCUT2D eigenvalue weighted by molar-refractivity contribution is 5.98. The monoisotopic (exact) mass is 237 g/mol. The first-order valence-electron chi connectivity index (χ1n) is 5.46. The van der Waals surface area contributed by atoms with Gasteiger partial charge in [-0.1, -0.05) is 5.16 Å². The summed E-state index contributed by atoms with van der Waals surface area (Å²) in [5.41, 5.74) is -0.189. The van der Waals surface area contributed by atoms with E-state index in [1.54, 1.807) is 20.8 Å². The number of piperazine rings is 1. The van der Waals surface area contributed by atoms with Crippen LogP contribution in [-0.2, 0) is 4.79 Å². The van der Waals surface area contributed by atoms with Gasteiger partial charge in [-0.15, -0.1) is 0 Å². The highest BCUT2D eigenvalue weighted by atomic mass is 16.5. The molecule has 2 amide bonds. The van der Waals surface area contributed by atoms with Gasteiger partial charge in [-0.25, -0.2) is 0 Å². The molecule has 1 aromatic rings. The standard InChI is InChI=1S/C11H15N3O3/c1-7-6-13-17-8(7)9(15)14-5-4-12-10(16)11(14,2)3/h6H,4-5H2,1-3H3,(H,12,16). The Morgan fingerprint density at radius 3 is 2.88 bits per heavy atom. The van der Waals surface area contributed by atoms with E-state index in [-0.39, 0.29) is 17.6 Å². The molecule has 0 aromatic carbocycles. The molecule has 0 saturated carbocycles. The van der Waals surface area contributed by atoms with Gasteiger partial charge in [0, 0.05) is 18.7 Å². The molecule has 0 atom stereocenters. The van der Waals surface area contributed by atoms with Crippen LogP contribution >= 0.6 is 0 Å². The summed E-state index contributed by atoms with van der Waals surface area (Å²) in [5, 5.41) is 6.32. The van der Waals surface area contributed by atoms with Gasteiger partial charge in [0.2, 0.25) is 11.7 Å². The summed E-state index contributed by atoms with van der Waals surface area (Å²) in [7, 11) is 0. The molecule has 17 heavy (non-hydrogen) atoms. The maximum atomic E-state index is 12.3. The third-order valence-electron chi connectivity index (χ3n) is 3.04. The second kappa shape index (κ2) is 3.87. The number of amides is 2. The van der Waals surface area contributed by atoms with E-state index in [4.69, 9.17) is 4.52 Å². The van der Waals surface area contributed by atoms with Crippen LogP contribution in [0.25, 0.3) is 0 Å². The van der Waals surface area contributed by atoms with E-state index in [2.05, 4.69) is 10.5 Å². The molecule has 0 unspecified atom stereocenters. The molecule has 1 N–H and O–H groups in total. The number of nitrogens with zero attached hydrogens (tertiary/aromatic N) is 2. The molecule has 2 heterocycles. The van der Waals surface area contributed by atoms with Crippen LogP contribution in [0.4, 0.5) is 0 Å². The summed E-state index contributed by atoms with van der Waals surface area (Å²) in [4.78, 5) is 25.5. The van der Waals surface area contributed by atoms with E-state index in [1.807, 2.05) is 0 Å². The number of aromatic nitrogens is 1. The van der Waals surface area contributed by atoms with Gasteiger partial charge in [0.1, 0.15) is 5.54 Å². The Kier molecular flexibility index (Phi) is 2.65. The minimum Gasteiger partial charge on any atom is -0.352 e. The number of carbonyl (C=O) groups excluding carboxylic acids is 2.